The van der Waals surface area contributed by atoms with Crippen molar-refractivity contribution in [3.05, 3.63) is 16.1 Å². The van der Waals surface area contributed by atoms with Crippen molar-refractivity contribution >= 4 is 11.3 Å². The van der Waals surface area contributed by atoms with Crippen LogP contribution in [-0.2, 0) is 11.2 Å². The Labute approximate surface area is 69.2 Å². The zero-order chi connectivity index (χ0) is 7.26. The van der Waals surface area contributed by atoms with Crippen LogP contribution in [0.4, 0.5) is 0 Å². The number of rotatable bonds is 0. The van der Waals surface area contributed by atoms with Gasteiger partial charge < -0.3 is 4.74 Å². The van der Waals surface area contributed by atoms with Crippen molar-refractivity contribution in [2.24, 2.45) is 0 Å². The van der Waals surface area contributed by atoms with Crippen molar-refractivity contribution in [2.45, 2.75) is 31.5 Å². The number of aromatic nitrogens is 1. The predicted octanol–water partition coefficient (Wildman–Crippen LogP) is 1.92. The van der Waals surface area contributed by atoms with Gasteiger partial charge in [0.2, 0.25) is 0 Å². The molecule has 0 spiro atoms. The summed E-state index contributed by atoms with van der Waals surface area (Å²) in [5, 5.41) is 0. The van der Waals surface area contributed by atoms with Gasteiger partial charge in [-0.25, -0.2) is 4.98 Å². The molecule has 0 radical (unpaired) electrons. The molecule has 58 valence electrons. The lowest BCUT2D eigenvalue weighted by molar-refractivity contribution is 0.0339. The molecule has 0 amide bonds. The molecule has 1 aromatic heterocycles. The fourth-order valence-corrected chi connectivity index (χ4v) is 2.85. The molecular weight excluding hydrogens is 158 g/mol. The largest absolute Gasteiger partial charge is 0.369 e. The molecule has 2 bridgehead atoms. The van der Waals surface area contributed by atoms with E-state index in [2.05, 4.69) is 4.98 Å². The second-order valence-corrected chi connectivity index (χ2v) is 4.08. The van der Waals surface area contributed by atoms with E-state index in [9.17, 15) is 0 Å². The van der Waals surface area contributed by atoms with E-state index in [1.165, 1.54) is 23.4 Å². The Morgan fingerprint density at radius 2 is 2.55 bits per heavy atom. The van der Waals surface area contributed by atoms with Gasteiger partial charge in [-0.15, -0.1) is 11.3 Å². The van der Waals surface area contributed by atoms with Crippen molar-refractivity contribution in [3.63, 3.8) is 0 Å². The maximum atomic E-state index is 5.75. The number of hydrogen-bond donors (Lipinski definition) is 0. The third-order valence-corrected chi connectivity index (χ3v) is 3.46. The van der Waals surface area contributed by atoms with Crippen molar-refractivity contribution in [3.8, 4) is 0 Å². The van der Waals surface area contributed by atoms with E-state index in [0.29, 0.717) is 12.2 Å². The molecular formula is C8H9NOS. The third kappa shape index (κ3) is 0.781. The molecule has 2 aliphatic rings. The Kier molecular flexibility index (Phi) is 1.14. The lowest BCUT2D eigenvalue weighted by atomic mass is 10.1. The molecule has 3 rings (SSSR count). The topological polar surface area (TPSA) is 22.1 Å². The molecule has 2 unspecified atom stereocenters. The first kappa shape index (κ1) is 6.14. The van der Waals surface area contributed by atoms with Crippen LogP contribution in [0.15, 0.2) is 5.51 Å². The van der Waals surface area contributed by atoms with Gasteiger partial charge in [0.25, 0.3) is 0 Å². The van der Waals surface area contributed by atoms with Gasteiger partial charge in [0, 0.05) is 6.42 Å². The molecule has 2 aliphatic heterocycles. The monoisotopic (exact) mass is 167 g/mol. The quantitative estimate of drug-likeness (QED) is 0.589. The van der Waals surface area contributed by atoms with Gasteiger partial charge in [-0.2, -0.15) is 0 Å². The minimum absolute atomic E-state index is 0.399. The lowest BCUT2D eigenvalue weighted by Gasteiger charge is -2.18. The molecule has 3 heterocycles. The molecule has 1 aromatic rings. The summed E-state index contributed by atoms with van der Waals surface area (Å²) < 4.78 is 5.75. The van der Waals surface area contributed by atoms with Gasteiger partial charge in [-0.3, -0.25) is 0 Å². The Morgan fingerprint density at radius 1 is 1.55 bits per heavy atom. The molecule has 0 N–H and O–H groups in total. The molecule has 2 atom stereocenters. The summed E-state index contributed by atoms with van der Waals surface area (Å²) in [6, 6.07) is 0. The normalized spacial score (nSPS) is 33.8. The predicted molar refractivity (Wildman–Crippen MR) is 42.7 cm³/mol. The van der Waals surface area contributed by atoms with Crippen LogP contribution in [-0.4, -0.2) is 11.1 Å². The van der Waals surface area contributed by atoms with Crippen LogP contribution >= 0.6 is 11.3 Å². The van der Waals surface area contributed by atoms with Crippen molar-refractivity contribution < 1.29 is 4.74 Å². The van der Waals surface area contributed by atoms with Gasteiger partial charge in [0.05, 0.1) is 28.3 Å². The Bertz CT molecular complexity index is 283. The zero-order valence-corrected chi connectivity index (χ0v) is 6.93. The van der Waals surface area contributed by atoms with E-state index < -0.39 is 0 Å². The molecule has 1 saturated heterocycles. The Hall–Kier alpha value is -0.410. The SMILES string of the molecule is c1nc2c(s1)C1CCC(C2)O1. The van der Waals surface area contributed by atoms with E-state index in [1.807, 2.05) is 5.51 Å². The maximum Gasteiger partial charge on any atom is 0.0940 e. The summed E-state index contributed by atoms with van der Waals surface area (Å²) in [4.78, 5) is 5.72. The fourth-order valence-electron chi connectivity index (χ4n) is 1.96. The molecule has 2 nitrogen and oxygen atoms in total. The van der Waals surface area contributed by atoms with Gasteiger partial charge >= 0.3 is 0 Å². The standard InChI is InChI=1S/C8H9NOS/c1-2-7-8-6(9-4-11-8)3-5(1)10-7/h4-5,7H,1-3H2. The molecule has 1 fully saturated rings. The second kappa shape index (κ2) is 2.05. The first-order chi connectivity index (χ1) is 5.43. The molecule has 0 saturated carbocycles. The van der Waals surface area contributed by atoms with Crippen LogP contribution in [0, 0.1) is 0 Å². The first-order valence-corrected chi connectivity index (χ1v) is 4.89. The summed E-state index contributed by atoms with van der Waals surface area (Å²) in [5.74, 6) is 0. The van der Waals surface area contributed by atoms with E-state index in [4.69, 9.17) is 4.74 Å². The number of hydrogen-bond acceptors (Lipinski definition) is 3. The number of ether oxygens (including phenoxy) is 1. The van der Waals surface area contributed by atoms with Gasteiger partial charge in [-0.1, -0.05) is 0 Å². The molecule has 0 aromatic carbocycles. The zero-order valence-electron chi connectivity index (χ0n) is 6.12. The third-order valence-electron chi connectivity index (χ3n) is 2.49. The van der Waals surface area contributed by atoms with E-state index in [0.717, 1.165) is 6.42 Å². The average molecular weight is 167 g/mol. The van der Waals surface area contributed by atoms with Gasteiger partial charge in [0.1, 0.15) is 0 Å². The summed E-state index contributed by atoms with van der Waals surface area (Å²) >= 11 is 1.75. The van der Waals surface area contributed by atoms with Crippen LogP contribution in [0.25, 0.3) is 0 Å². The summed E-state index contributed by atoms with van der Waals surface area (Å²) in [7, 11) is 0. The lowest BCUT2D eigenvalue weighted by Crippen LogP contribution is -2.16. The number of nitrogens with zero attached hydrogens (tertiary/aromatic N) is 1. The highest BCUT2D eigenvalue weighted by Gasteiger charge is 2.35. The van der Waals surface area contributed by atoms with Crippen LogP contribution in [0.5, 0.6) is 0 Å². The van der Waals surface area contributed by atoms with Crippen molar-refractivity contribution in [1.29, 1.82) is 0 Å². The summed E-state index contributed by atoms with van der Waals surface area (Å²) in [6.07, 6.45) is 4.37. The highest BCUT2D eigenvalue weighted by Crippen LogP contribution is 2.42. The number of thiazole rings is 1. The fraction of sp³-hybridized carbons (Fsp3) is 0.625. The highest BCUT2D eigenvalue weighted by atomic mass is 32.1. The van der Waals surface area contributed by atoms with E-state index >= 15 is 0 Å². The highest BCUT2D eigenvalue weighted by molar-refractivity contribution is 7.09. The second-order valence-electron chi connectivity index (χ2n) is 3.19. The van der Waals surface area contributed by atoms with E-state index in [1.54, 1.807) is 11.3 Å². The smallest absolute Gasteiger partial charge is 0.0940 e. The van der Waals surface area contributed by atoms with Crippen LogP contribution in [0.2, 0.25) is 0 Å². The molecule has 0 aliphatic carbocycles. The van der Waals surface area contributed by atoms with E-state index in [-0.39, 0.29) is 0 Å². The minimum atomic E-state index is 0.399. The van der Waals surface area contributed by atoms with Crippen molar-refractivity contribution in [1.82, 2.24) is 4.98 Å². The van der Waals surface area contributed by atoms with Crippen LogP contribution in [0.1, 0.15) is 29.5 Å². The summed E-state index contributed by atoms with van der Waals surface area (Å²) in [6.45, 7) is 0. The van der Waals surface area contributed by atoms with Crippen LogP contribution in [0.3, 0.4) is 0 Å². The number of fused-ring (bicyclic) bond motifs is 4. The summed E-state index contributed by atoms with van der Waals surface area (Å²) in [5.41, 5.74) is 3.24. The Morgan fingerprint density at radius 3 is 3.55 bits per heavy atom. The maximum absolute atomic E-state index is 5.75. The van der Waals surface area contributed by atoms with Gasteiger partial charge in [-0.05, 0) is 12.8 Å². The minimum Gasteiger partial charge on any atom is -0.369 e. The van der Waals surface area contributed by atoms with Gasteiger partial charge in [0.15, 0.2) is 0 Å². The first-order valence-electron chi connectivity index (χ1n) is 4.01. The molecule has 11 heavy (non-hydrogen) atoms. The molecule has 3 heteroatoms. The average Bonchev–Trinajstić information content (AvgIpc) is 2.58. The van der Waals surface area contributed by atoms with Crippen LogP contribution < -0.4 is 0 Å². The van der Waals surface area contributed by atoms with Crippen molar-refractivity contribution in [2.75, 3.05) is 0 Å². The Balaban J connectivity index is 2.12.